The van der Waals surface area contributed by atoms with Crippen molar-refractivity contribution in [3.8, 4) is 5.75 Å². The molecule has 4 nitrogen and oxygen atoms in total. The van der Waals surface area contributed by atoms with E-state index in [1.807, 2.05) is 18.2 Å². The number of phenols is 1. The predicted octanol–water partition coefficient (Wildman–Crippen LogP) is 7.70. The zero-order chi connectivity index (χ0) is 24.9. The highest BCUT2D eigenvalue weighted by molar-refractivity contribution is 6.20. The Labute approximate surface area is 214 Å². The van der Waals surface area contributed by atoms with Crippen molar-refractivity contribution in [2.45, 2.75) is 65.0 Å². The molecule has 0 amide bonds. The van der Waals surface area contributed by atoms with Crippen LogP contribution in [0.4, 0.5) is 0 Å². The van der Waals surface area contributed by atoms with Gasteiger partial charge in [-0.25, -0.2) is 9.98 Å². The standard InChI is InChI=1S/C32H36N2O2/c1-3-5-12-22(4-2)21-36-30-20-28(33-32(34-30)27-17-10-11-18-29(27)35)31-25-15-8-6-13-23(25)19-24-14-7-9-16-26(24)31/h6,8-11,13,15-19,22,30,35H,3-5,7,12,14,20-21H2,1-2H3. The van der Waals surface area contributed by atoms with Gasteiger partial charge in [0.15, 0.2) is 12.1 Å². The van der Waals surface area contributed by atoms with E-state index in [4.69, 9.17) is 14.7 Å². The predicted molar refractivity (Wildman–Crippen MR) is 150 cm³/mol. The first kappa shape index (κ1) is 24.5. The van der Waals surface area contributed by atoms with E-state index in [-0.39, 0.29) is 12.0 Å². The van der Waals surface area contributed by atoms with Crippen molar-refractivity contribution in [3.05, 3.63) is 82.9 Å². The Balaban J connectivity index is 1.58. The highest BCUT2D eigenvalue weighted by Crippen LogP contribution is 2.34. The average Bonchev–Trinajstić information content (AvgIpc) is 2.92. The van der Waals surface area contributed by atoms with Crippen LogP contribution in [-0.2, 0) is 11.2 Å². The number of rotatable bonds is 9. The number of amidine groups is 1. The van der Waals surface area contributed by atoms with Gasteiger partial charge in [-0.15, -0.1) is 0 Å². The molecule has 3 aromatic rings. The molecule has 4 heteroatoms. The second kappa shape index (κ2) is 11.2. The maximum atomic E-state index is 10.6. The van der Waals surface area contributed by atoms with E-state index in [2.05, 4.69) is 56.3 Å². The molecule has 2 aliphatic rings. The summed E-state index contributed by atoms with van der Waals surface area (Å²) in [7, 11) is 0. The summed E-state index contributed by atoms with van der Waals surface area (Å²) in [6.07, 6.45) is 11.6. The van der Waals surface area contributed by atoms with E-state index in [0.29, 0.717) is 30.3 Å². The monoisotopic (exact) mass is 480 g/mol. The van der Waals surface area contributed by atoms with Gasteiger partial charge in [0.1, 0.15) is 5.75 Å². The van der Waals surface area contributed by atoms with Crippen LogP contribution in [0.25, 0.3) is 16.8 Å². The number of benzene rings is 3. The van der Waals surface area contributed by atoms with Crippen LogP contribution in [0.3, 0.4) is 0 Å². The van der Waals surface area contributed by atoms with Gasteiger partial charge < -0.3 is 9.84 Å². The topological polar surface area (TPSA) is 54.2 Å². The van der Waals surface area contributed by atoms with Crippen LogP contribution >= 0.6 is 0 Å². The van der Waals surface area contributed by atoms with E-state index in [0.717, 1.165) is 25.0 Å². The second-order valence-electron chi connectivity index (χ2n) is 9.92. The van der Waals surface area contributed by atoms with Crippen LogP contribution in [0.1, 0.15) is 74.6 Å². The Kier molecular flexibility index (Phi) is 7.62. The van der Waals surface area contributed by atoms with E-state index in [1.165, 1.54) is 46.7 Å². The number of nitrogens with zero attached hydrogens (tertiary/aromatic N) is 2. The number of aliphatic imine (C=N–C) groups is 2. The minimum atomic E-state index is -0.329. The fraction of sp³-hybridized carbons (Fsp3) is 0.375. The molecule has 0 saturated heterocycles. The Hall–Kier alpha value is -3.24. The summed E-state index contributed by atoms with van der Waals surface area (Å²) in [5, 5.41) is 13.1. The van der Waals surface area contributed by atoms with Crippen molar-refractivity contribution in [1.29, 1.82) is 0 Å². The van der Waals surface area contributed by atoms with Crippen LogP contribution in [0.5, 0.6) is 5.75 Å². The molecule has 0 radical (unpaired) electrons. The van der Waals surface area contributed by atoms with Gasteiger partial charge in [0.2, 0.25) is 0 Å². The number of aryl methyl sites for hydroxylation is 1. The van der Waals surface area contributed by atoms with Crippen molar-refractivity contribution < 1.29 is 9.84 Å². The summed E-state index contributed by atoms with van der Waals surface area (Å²) in [5.74, 6) is 1.26. The molecule has 1 aliphatic carbocycles. The molecule has 0 fully saturated rings. The zero-order valence-electron chi connectivity index (χ0n) is 21.4. The third kappa shape index (κ3) is 5.15. The number of unbranched alkanes of at least 4 members (excludes halogenated alkanes) is 1. The Morgan fingerprint density at radius 1 is 1.08 bits per heavy atom. The lowest BCUT2D eigenvalue weighted by atomic mass is 9.85. The van der Waals surface area contributed by atoms with Gasteiger partial charge in [0, 0.05) is 12.0 Å². The van der Waals surface area contributed by atoms with Crippen LogP contribution in [0.2, 0.25) is 0 Å². The average molecular weight is 481 g/mol. The summed E-state index contributed by atoms with van der Waals surface area (Å²) in [6.45, 7) is 5.17. The van der Waals surface area contributed by atoms with Crippen molar-refractivity contribution in [1.82, 2.24) is 0 Å². The highest BCUT2D eigenvalue weighted by atomic mass is 16.5. The molecule has 186 valence electrons. The second-order valence-corrected chi connectivity index (χ2v) is 9.92. The molecule has 1 N–H and O–H groups in total. The molecule has 0 spiro atoms. The van der Waals surface area contributed by atoms with Crippen LogP contribution in [0.15, 0.2) is 70.7 Å². The van der Waals surface area contributed by atoms with E-state index in [1.54, 1.807) is 6.07 Å². The van der Waals surface area contributed by atoms with E-state index in [9.17, 15) is 5.11 Å². The first-order chi connectivity index (χ1) is 17.7. The molecule has 5 rings (SSSR count). The molecular weight excluding hydrogens is 444 g/mol. The largest absolute Gasteiger partial charge is 0.507 e. The molecule has 2 unspecified atom stereocenters. The number of hydrogen-bond donors (Lipinski definition) is 1. The summed E-state index contributed by atoms with van der Waals surface area (Å²) in [5.41, 5.74) is 5.42. The summed E-state index contributed by atoms with van der Waals surface area (Å²) >= 11 is 0. The lowest BCUT2D eigenvalue weighted by Crippen LogP contribution is -2.27. The van der Waals surface area contributed by atoms with Crippen molar-refractivity contribution in [3.63, 3.8) is 0 Å². The summed E-state index contributed by atoms with van der Waals surface area (Å²) in [4.78, 5) is 9.98. The molecule has 1 heterocycles. The minimum Gasteiger partial charge on any atom is -0.507 e. The first-order valence-corrected chi connectivity index (χ1v) is 13.4. The molecule has 36 heavy (non-hydrogen) atoms. The van der Waals surface area contributed by atoms with Crippen LogP contribution in [-0.4, -0.2) is 29.5 Å². The van der Waals surface area contributed by atoms with Gasteiger partial charge in [-0.3, -0.25) is 0 Å². The quantitative estimate of drug-likeness (QED) is 0.341. The maximum absolute atomic E-state index is 10.6. The number of allylic oxidation sites excluding steroid dienone is 1. The van der Waals surface area contributed by atoms with Gasteiger partial charge in [-0.2, -0.15) is 0 Å². The molecule has 3 aromatic carbocycles. The van der Waals surface area contributed by atoms with Crippen molar-refractivity contribution in [2.75, 3.05) is 6.61 Å². The van der Waals surface area contributed by atoms with Crippen molar-refractivity contribution >= 4 is 28.4 Å². The smallest absolute Gasteiger partial charge is 0.161 e. The van der Waals surface area contributed by atoms with E-state index >= 15 is 0 Å². The number of phenolic OH excluding ortho intramolecular Hbond substituents is 1. The normalized spacial score (nSPS) is 18.0. The summed E-state index contributed by atoms with van der Waals surface area (Å²) < 4.78 is 6.46. The Morgan fingerprint density at radius 3 is 2.75 bits per heavy atom. The van der Waals surface area contributed by atoms with Gasteiger partial charge >= 0.3 is 0 Å². The number of para-hydroxylation sites is 1. The summed E-state index contributed by atoms with van der Waals surface area (Å²) in [6, 6.07) is 18.2. The van der Waals surface area contributed by atoms with Gasteiger partial charge in [0.25, 0.3) is 0 Å². The molecule has 2 atom stereocenters. The van der Waals surface area contributed by atoms with E-state index < -0.39 is 0 Å². The van der Waals surface area contributed by atoms with Crippen molar-refractivity contribution in [2.24, 2.45) is 15.9 Å². The lowest BCUT2D eigenvalue weighted by molar-refractivity contribution is 0.0347. The van der Waals surface area contributed by atoms with Gasteiger partial charge in [0.05, 0.1) is 17.9 Å². The third-order valence-corrected chi connectivity index (χ3v) is 7.42. The SMILES string of the molecule is CCCCC(CC)COC1CC(c2c3c(cc4ccccc24)CCC=C3)=NC(c2ccccc2O)=N1. The lowest BCUT2D eigenvalue weighted by Gasteiger charge is -2.26. The number of hydrogen-bond acceptors (Lipinski definition) is 4. The fourth-order valence-corrected chi connectivity index (χ4v) is 5.31. The number of aromatic hydroxyl groups is 1. The van der Waals surface area contributed by atoms with Crippen LogP contribution < -0.4 is 0 Å². The van der Waals surface area contributed by atoms with Gasteiger partial charge in [-0.05, 0) is 59.2 Å². The Morgan fingerprint density at radius 2 is 1.92 bits per heavy atom. The first-order valence-electron chi connectivity index (χ1n) is 13.4. The minimum absolute atomic E-state index is 0.189. The molecule has 0 bridgehead atoms. The maximum Gasteiger partial charge on any atom is 0.161 e. The molecule has 0 aromatic heterocycles. The number of ether oxygens (including phenoxy) is 1. The zero-order valence-corrected chi connectivity index (χ0v) is 21.4. The van der Waals surface area contributed by atoms with Crippen LogP contribution in [0, 0.1) is 5.92 Å². The highest BCUT2D eigenvalue weighted by Gasteiger charge is 2.26. The number of fused-ring (bicyclic) bond motifs is 2. The molecule has 1 aliphatic heterocycles. The van der Waals surface area contributed by atoms with Gasteiger partial charge in [-0.1, -0.05) is 87.7 Å². The Bertz CT molecular complexity index is 1320. The molecular formula is C32H36N2O2. The third-order valence-electron chi connectivity index (χ3n) is 7.42. The fourth-order valence-electron chi connectivity index (χ4n) is 5.31. The molecule has 0 saturated carbocycles.